The molecule has 0 spiro atoms. The molecule has 3 atom stereocenters. The molecule has 0 bridgehead atoms. The second kappa shape index (κ2) is 7.91. The van der Waals surface area contributed by atoms with Crippen molar-refractivity contribution in [3.05, 3.63) is 0 Å². The quantitative estimate of drug-likeness (QED) is 0.802. The highest BCUT2D eigenvalue weighted by atomic mass is 35.5. The van der Waals surface area contributed by atoms with Gasteiger partial charge in [-0.25, -0.2) is 0 Å². The van der Waals surface area contributed by atoms with Crippen molar-refractivity contribution < 1.29 is 4.79 Å². The smallest absolute Gasteiger partial charge is 0.220 e. The molecule has 0 aliphatic heterocycles. The Morgan fingerprint density at radius 3 is 2.62 bits per heavy atom. The van der Waals surface area contributed by atoms with Gasteiger partial charge in [0.15, 0.2) is 0 Å². The maximum Gasteiger partial charge on any atom is 0.220 e. The van der Waals surface area contributed by atoms with Gasteiger partial charge in [0.1, 0.15) is 0 Å². The zero-order chi connectivity index (χ0) is 11.3. The molecule has 1 aliphatic carbocycles. The van der Waals surface area contributed by atoms with Crippen LogP contribution in [0.3, 0.4) is 0 Å². The molecule has 3 N–H and O–H groups in total. The van der Waals surface area contributed by atoms with E-state index in [0.717, 1.165) is 19.3 Å². The molecule has 0 aromatic rings. The number of amides is 1. The fourth-order valence-electron chi connectivity index (χ4n) is 2.16. The van der Waals surface area contributed by atoms with Crippen LogP contribution < -0.4 is 11.1 Å². The highest BCUT2D eigenvalue weighted by Gasteiger charge is 2.24. The molecule has 16 heavy (non-hydrogen) atoms. The highest BCUT2D eigenvalue weighted by molar-refractivity contribution is 5.85. The van der Waals surface area contributed by atoms with Gasteiger partial charge in [-0.05, 0) is 32.1 Å². The van der Waals surface area contributed by atoms with Crippen LogP contribution in [0.2, 0.25) is 0 Å². The monoisotopic (exact) mass is 248 g/mol. The predicted molar refractivity (Wildman–Crippen MR) is 69.7 cm³/mol. The van der Waals surface area contributed by atoms with Crippen molar-refractivity contribution in [2.24, 2.45) is 11.7 Å². The van der Waals surface area contributed by atoms with E-state index in [-0.39, 0.29) is 30.4 Å². The Morgan fingerprint density at radius 2 is 2.06 bits per heavy atom. The Labute approximate surface area is 105 Å². The third-order valence-electron chi connectivity index (χ3n) is 3.44. The Kier molecular flexibility index (Phi) is 7.77. The summed E-state index contributed by atoms with van der Waals surface area (Å²) in [4.78, 5) is 11.7. The summed E-state index contributed by atoms with van der Waals surface area (Å²) in [5.41, 5.74) is 6.01. The van der Waals surface area contributed by atoms with Crippen LogP contribution in [-0.2, 0) is 4.79 Å². The fraction of sp³-hybridized carbons (Fsp3) is 0.917. The minimum Gasteiger partial charge on any atom is -0.354 e. The first kappa shape index (κ1) is 15.7. The average molecular weight is 249 g/mol. The number of rotatable bonds is 4. The van der Waals surface area contributed by atoms with E-state index in [4.69, 9.17) is 5.73 Å². The lowest BCUT2D eigenvalue weighted by Gasteiger charge is -2.28. The molecule has 1 amide bonds. The summed E-state index contributed by atoms with van der Waals surface area (Å²) >= 11 is 0. The van der Waals surface area contributed by atoms with E-state index in [1.54, 1.807) is 0 Å². The molecule has 0 radical (unpaired) electrons. The minimum absolute atomic E-state index is 0. The molecule has 0 aromatic heterocycles. The molecule has 1 aliphatic rings. The van der Waals surface area contributed by atoms with Crippen LogP contribution in [0.1, 0.15) is 52.4 Å². The van der Waals surface area contributed by atoms with Crippen LogP contribution in [0.4, 0.5) is 0 Å². The molecule has 1 fully saturated rings. The lowest BCUT2D eigenvalue weighted by molar-refractivity contribution is -0.123. The van der Waals surface area contributed by atoms with Crippen molar-refractivity contribution in [3.63, 3.8) is 0 Å². The van der Waals surface area contributed by atoms with Crippen molar-refractivity contribution in [2.75, 3.05) is 0 Å². The van der Waals surface area contributed by atoms with Gasteiger partial charge in [-0.1, -0.05) is 19.8 Å². The third kappa shape index (κ3) is 5.17. The zero-order valence-electron chi connectivity index (χ0n) is 10.4. The van der Waals surface area contributed by atoms with Gasteiger partial charge in [-0.3, -0.25) is 4.79 Å². The number of carbonyl (C=O) groups excluding carboxylic acids is 1. The molecule has 1 saturated carbocycles. The minimum atomic E-state index is 0. The first-order valence-corrected chi connectivity index (χ1v) is 6.18. The van der Waals surface area contributed by atoms with Gasteiger partial charge < -0.3 is 11.1 Å². The van der Waals surface area contributed by atoms with Gasteiger partial charge >= 0.3 is 0 Å². The lowest BCUT2D eigenvalue weighted by Crippen LogP contribution is -2.39. The Hall–Kier alpha value is -0.280. The first-order valence-electron chi connectivity index (χ1n) is 6.18. The van der Waals surface area contributed by atoms with Crippen LogP contribution in [-0.4, -0.2) is 18.0 Å². The SMILES string of the molecule is CCC(C)NC(=O)CC1CCCCC1N.Cl. The molecule has 3 unspecified atom stereocenters. The number of nitrogens with two attached hydrogens (primary N) is 1. The molecular formula is C12H25ClN2O. The van der Waals surface area contributed by atoms with Gasteiger partial charge in [-0.2, -0.15) is 0 Å². The van der Waals surface area contributed by atoms with E-state index in [1.165, 1.54) is 12.8 Å². The summed E-state index contributed by atoms with van der Waals surface area (Å²) in [6, 6.07) is 0.527. The van der Waals surface area contributed by atoms with E-state index >= 15 is 0 Å². The number of nitrogens with one attached hydrogen (secondary N) is 1. The molecule has 0 aromatic carbocycles. The maximum atomic E-state index is 11.7. The standard InChI is InChI=1S/C12H24N2O.ClH/c1-3-9(2)14-12(15)8-10-6-4-5-7-11(10)13;/h9-11H,3-8,13H2,1-2H3,(H,14,15);1H. The highest BCUT2D eigenvalue weighted by Crippen LogP contribution is 2.25. The lowest BCUT2D eigenvalue weighted by atomic mass is 9.83. The summed E-state index contributed by atoms with van der Waals surface area (Å²) in [6.07, 6.45) is 6.27. The normalized spacial score (nSPS) is 26.7. The Morgan fingerprint density at radius 1 is 1.44 bits per heavy atom. The van der Waals surface area contributed by atoms with Gasteiger partial charge in [-0.15, -0.1) is 12.4 Å². The van der Waals surface area contributed by atoms with Crippen LogP contribution in [0.5, 0.6) is 0 Å². The maximum absolute atomic E-state index is 11.7. The Balaban J connectivity index is 0.00000225. The topological polar surface area (TPSA) is 55.1 Å². The van der Waals surface area contributed by atoms with Crippen molar-refractivity contribution in [3.8, 4) is 0 Å². The summed E-state index contributed by atoms with van der Waals surface area (Å²) in [5, 5.41) is 3.00. The summed E-state index contributed by atoms with van der Waals surface area (Å²) < 4.78 is 0. The van der Waals surface area contributed by atoms with E-state index in [2.05, 4.69) is 12.2 Å². The zero-order valence-corrected chi connectivity index (χ0v) is 11.2. The molecular weight excluding hydrogens is 224 g/mol. The average Bonchev–Trinajstić information content (AvgIpc) is 2.21. The van der Waals surface area contributed by atoms with E-state index in [0.29, 0.717) is 12.3 Å². The van der Waals surface area contributed by atoms with Crippen LogP contribution in [0, 0.1) is 5.92 Å². The van der Waals surface area contributed by atoms with Crippen LogP contribution in [0.25, 0.3) is 0 Å². The van der Waals surface area contributed by atoms with Crippen molar-refractivity contribution in [2.45, 2.75) is 64.5 Å². The van der Waals surface area contributed by atoms with Crippen molar-refractivity contribution in [1.29, 1.82) is 0 Å². The number of carbonyl (C=O) groups is 1. The summed E-state index contributed by atoms with van der Waals surface area (Å²) in [7, 11) is 0. The first-order chi connectivity index (χ1) is 7.13. The van der Waals surface area contributed by atoms with Crippen LogP contribution >= 0.6 is 12.4 Å². The molecule has 0 saturated heterocycles. The van der Waals surface area contributed by atoms with E-state index in [9.17, 15) is 4.79 Å². The predicted octanol–water partition coefficient (Wildman–Crippen LogP) is 2.23. The van der Waals surface area contributed by atoms with Crippen molar-refractivity contribution in [1.82, 2.24) is 5.32 Å². The molecule has 3 nitrogen and oxygen atoms in total. The second-order valence-electron chi connectivity index (χ2n) is 4.79. The fourth-order valence-corrected chi connectivity index (χ4v) is 2.16. The largest absolute Gasteiger partial charge is 0.354 e. The number of halogens is 1. The Bertz CT molecular complexity index is 211. The van der Waals surface area contributed by atoms with Gasteiger partial charge in [0.05, 0.1) is 0 Å². The van der Waals surface area contributed by atoms with Gasteiger partial charge in [0, 0.05) is 18.5 Å². The van der Waals surface area contributed by atoms with Crippen molar-refractivity contribution >= 4 is 18.3 Å². The van der Waals surface area contributed by atoms with Gasteiger partial charge in [0.2, 0.25) is 5.91 Å². The van der Waals surface area contributed by atoms with Crippen LogP contribution in [0.15, 0.2) is 0 Å². The molecule has 96 valence electrons. The number of hydrogen-bond acceptors (Lipinski definition) is 2. The molecule has 1 rings (SSSR count). The number of hydrogen-bond donors (Lipinski definition) is 2. The molecule has 4 heteroatoms. The summed E-state index contributed by atoms with van der Waals surface area (Å²) in [5.74, 6) is 0.578. The van der Waals surface area contributed by atoms with E-state index < -0.39 is 0 Å². The summed E-state index contributed by atoms with van der Waals surface area (Å²) in [6.45, 7) is 4.12. The van der Waals surface area contributed by atoms with Gasteiger partial charge in [0.25, 0.3) is 0 Å². The third-order valence-corrected chi connectivity index (χ3v) is 3.44. The molecule has 0 heterocycles. The van der Waals surface area contributed by atoms with E-state index in [1.807, 2.05) is 6.92 Å². The second-order valence-corrected chi connectivity index (χ2v) is 4.79.